The van der Waals surface area contributed by atoms with E-state index in [1.807, 2.05) is 31.2 Å². The molecule has 0 unspecified atom stereocenters. The molecule has 0 heterocycles. The lowest BCUT2D eigenvalue weighted by Gasteiger charge is -2.49. The first-order valence-electron chi connectivity index (χ1n) is 11.0. The SMILES string of the molecule is C[C@]12CC[C@@H]3c4ccc(OCc5ccccc5)cc4CC[C@H]3[C@@H]1[C@@H](C(=O)O)CC2=O. The lowest BCUT2D eigenvalue weighted by molar-refractivity contribution is -0.145. The van der Waals surface area contributed by atoms with E-state index in [9.17, 15) is 14.7 Å². The highest BCUT2D eigenvalue weighted by molar-refractivity contribution is 5.92. The Bertz CT molecular complexity index is 982. The van der Waals surface area contributed by atoms with Gasteiger partial charge in [-0.2, -0.15) is 0 Å². The van der Waals surface area contributed by atoms with E-state index < -0.39 is 17.3 Å². The molecule has 0 bridgehead atoms. The lowest BCUT2D eigenvalue weighted by Crippen LogP contribution is -2.45. The van der Waals surface area contributed by atoms with E-state index in [0.717, 1.165) is 37.0 Å². The van der Waals surface area contributed by atoms with E-state index in [1.165, 1.54) is 11.1 Å². The zero-order valence-electron chi connectivity index (χ0n) is 17.3. The molecule has 3 aliphatic rings. The minimum Gasteiger partial charge on any atom is -0.489 e. The average molecular weight is 405 g/mol. The molecule has 2 saturated carbocycles. The average Bonchev–Trinajstić information content (AvgIpc) is 3.04. The number of carbonyl (C=O) groups is 2. The van der Waals surface area contributed by atoms with Gasteiger partial charge in [0.2, 0.25) is 0 Å². The van der Waals surface area contributed by atoms with Crippen LogP contribution in [-0.4, -0.2) is 16.9 Å². The van der Waals surface area contributed by atoms with Crippen LogP contribution in [0.4, 0.5) is 0 Å². The third-order valence-electron chi connectivity index (χ3n) is 7.99. The van der Waals surface area contributed by atoms with Gasteiger partial charge in [0.15, 0.2) is 0 Å². The molecule has 2 aromatic carbocycles. The van der Waals surface area contributed by atoms with E-state index in [-0.39, 0.29) is 24.0 Å². The van der Waals surface area contributed by atoms with Gasteiger partial charge >= 0.3 is 5.97 Å². The van der Waals surface area contributed by atoms with Crippen molar-refractivity contribution in [1.82, 2.24) is 0 Å². The summed E-state index contributed by atoms with van der Waals surface area (Å²) in [7, 11) is 0. The first kappa shape index (κ1) is 19.3. The maximum atomic E-state index is 12.7. The molecule has 1 N–H and O–H groups in total. The molecule has 5 rings (SSSR count). The molecule has 0 aliphatic heterocycles. The number of hydrogen-bond donors (Lipinski definition) is 1. The molecule has 0 amide bonds. The highest BCUT2D eigenvalue weighted by atomic mass is 16.5. The number of carbonyl (C=O) groups excluding carboxylic acids is 1. The van der Waals surface area contributed by atoms with Crippen LogP contribution in [0.2, 0.25) is 0 Å². The molecule has 0 aromatic heterocycles. The van der Waals surface area contributed by atoms with Gasteiger partial charge in [0, 0.05) is 11.8 Å². The first-order chi connectivity index (χ1) is 14.5. The third kappa shape index (κ3) is 3.05. The molecule has 0 radical (unpaired) electrons. The number of carboxylic acid groups (broad SMARTS) is 1. The van der Waals surface area contributed by atoms with Crippen molar-refractivity contribution in [3.05, 3.63) is 65.2 Å². The maximum absolute atomic E-state index is 12.7. The van der Waals surface area contributed by atoms with Crippen molar-refractivity contribution in [3.8, 4) is 5.75 Å². The summed E-state index contributed by atoms with van der Waals surface area (Å²) in [5.74, 6) is 0.314. The van der Waals surface area contributed by atoms with Crippen molar-refractivity contribution in [3.63, 3.8) is 0 Å². The highest BCUT2D eigenvalue weighted by Gasteiger charge is 2.60. The smallest absolute Gasteiger partial charge is 0.307 e. The second-order valence-corrected chi connectivity index (χ2v) is 9.50. The number of benzene rings is 2. The van der Waals surface area contributed by atoms with Crippen molar-refractivity contribution in [1.29, 1.82) is 0 Å². The van der Waals surface area contributed by atoms with Gasteiger partial charge < -0.3 is 9.84 Å². The van der Waals surface area contributed by atoms with Crippen molar-refractivity contribution in [2.45, 2.75) is 51.6 Å². The van der Waals surface area contributed by atoms with Crippen LogP contribution in [0.15, 0.2) is 48.5 Å². The van der Waals surface area contributed by atoms with Crippen molar-refractivity contribution in [2.24, 2.45) is 23.2 Å². The quantitative estimate of drug-likeness (QED) is 0.779. The summed E-state index contributed by atoms with van der Waals surface area (Å²) in [4.78, 5) is 24.6. The third-order valence-corrected chi connectivity index (χ3v) is 7.99. The molecule has 5 atom stereocenters. The van der Waals surface area contributed by atoms with Crippen LogP contribution in [0.25, 0.3) is 0 Å². The molecule has 156 valence electrons. The number of aliphatic carboxylic acids is 1. The van der Waals surface area contributed by atoms with Crippen LogP contribution in [-0.2, 0) is 22.6 Å². The fourth-order valence-electron chi connectivity index (χ4n) is 6.51. The number of rotatable bonds is 4. The standard InChI is InChI=1S/C26H28O4/c1-26-12-11-20-19-10-8-18(30-15-16-5-3-2-4-6-16)13-17(19)7-9-21(20)24(26)22(25(28)29)14-23(26)27/h2-6,8,10,13,20-22,24H,7,9,11-12,14-15H2,1H3,(H,28,29)/t20-,21-,22+,24-,26-/m1/s1. The second kappa shape index (κ2) is 7.26. The fraction of sp³-hybridized carbons (Fsp3) is 0.462. The second-order valence-electron chi connectivity index (χ2n) is 9.50. The van der Waals surface area contributed by atoms with Crippen LogP contribution in [0, 0.1) is 23.2 Å². The predicted octanol–water partition coefficient (Wildman–Crippen LogP) is 5.00. The van der Waals surface area contributed by atoms with Crippen molar-refractivity contribution in [2.75, 3.05) is 0 Å². The van der Waals surface area contributed by atoms with Gasteiger partial charge in [-0.15, -0.1) is 0 Å². The molecule has 4 nitrogen and oxygen atoms in total. The number of ketones is 1. The van der Waals surface area contributed by atoms with Crippen LogP contribution in [0.5, 0.6) is 5.75 Å². The molecule has 30 heavy (non-hydrogen) atoms. The Morgan fingerprint density at radius 3 is 2.73 bits per heavy atom. The van der Waals surface area contributed by atoms with E-state index in [1.54, 1.807) is 0 Å². The Balaban J connectivity index is 1.39. The lowest BCUT2D eigenvalue weighted by atomic mass is 9.54. The summed E-state index contributed by atoms with van der Waals surface area (Å²) in [5.41, 5.74) is 3.35. The van der Waals surface area contributed by atoms with Crippen LogP contribution >= 0.6 is 0 Å². The fourth-order valence-corrected chi connectivity index (χ4v) is 6.51. The molecular formula is C26H28O4. The number of Topliss-reactive ketones (excluding diaryl/α,β-unsaturated/α-hetero) is 1. The number of aryl methyl sites for hydroxylation is 1. The zero-order chi connectivity index (χ0) is 20.9. The summed E-state index contributed by atoms with van der Waals surface area (Å²) in [6, 6.07) is 16.5. The van der Waals surface area contributed by atoms with Gasteiger partial charge in [0.05, 0.1) is 5.92 Å². The van der Waals surface area contributed by atoms with Crippen molar-refractivity contribution < 1.29 is 19.4 Å². The minimum absolute atomic E-state index is 0.0385. The molecule has 0 saturated heterocycles. The van der Waals surface area contributed by atoms with E-state index in [2.05, 4.69) is 24.3 Å². The number of fused-ring (bicyclic) bond motifs is 5. The Morgan fingerprint density at radius 2 is 1.97 bits per heavy atom. The van der Waals surface area contributed by atoms with Gasteiger partial charge in [-0.1, -0.05) is 43.3 Å². The van der Waals surface area contributed by atoms with E-state index in [4.69, 9.17) is 4.74 Å². The Labute approximate surface area is 177 Å². The molecule has 2 fully saturated rings. The molecule has 0 spiro atoms. The maximum Gasteiger partial charge on any atom is 0.307 e. The Morgan fingerprint density at radius 1 is 1.17 bits per heavy atom. The number of carboxylic acids is 1. The Hall–Kier alpha value is -2.62. The molecular weight excluding hydrogens is 376 g/mol. The van der Waals surface area contributed by atoms with Gasteiger partial charge in [-0.3, -0.25) is 9.59 Å². The summed E-state index contributed by atoms with van der Waals surface area (Å²) >= 11 is 0. The minimum atomic E-state index is -0.798. The van der Waals surface area contributed by atoms with Gasteiger partial charge in [-0.05, 0) is 72.3 Å². The van der Waals surface area contributed by atoms with E-state index >= 15 is 0 Å². The first-order valence-corrected chi connectivity index (χ1v) is 11.0. The molecule has 2 aromatic rings. The van der Waals surface area contributed by atoms with Gasteiger partial charge in [0.25, 0.3) is 0 Å². The summed E-state index contributed by atoms with van der Waals surface area (Å²) < 4.78 is 6.02. The van der Waals surface area contributed by atoms with Gasteiger partial charge in [0.1, 0.15) is 18.1 Å². The number of ether oxygens (including phenoxy) is 1. The van der Waals surface area contributed by atoms with Crippen LogP contribution in [0.1, 0.15) is 55.2 Å². The molecule has 4 heteroatoms. The van der Waals surface area contributed by atoms with Crippen molar-refractivity contribution >= 4 is 11.8 Å². The normalized spacial score (nSPS) is 32.1. The predicted molar refractivity (Wildman–Crippen MR) is 113 cm³/mol. The highest BCUT2D eigenvalue weighted by Crippen LogP contribution is 2.61. The van der Waals surface area contributed by atoms with E-state index in [0.29, 0.717) is 12.5 Å². The van der Waals surface area contributed by atoms with Crippen LogP contribution in [0.3, 0.4) is 0 Å². The summed E-state index contributed by atoms with van der Waals surface area (Å²) in [6.07, 6.45) is 3.85. The topological polar surface area (TPSA) is 63.6 Å². The number of hydrogen-bond acceptors (Lipinski definition) is 3. The Kier molecular flexibility index (Phi) is 4.68. The largest absolute Gasteiger partial charge is 0.489 e. The molecule has 3 aliphatic carbocycles. The summed E-state index contributed by atoms with van der Waals surface area (Å²) in [6.45, 7) is 2.57. The van der Waals surface area contributed by atoms with Gasteiger partial charge in [-0.25, -0.2) is 0 Å². The summed E-state index contributed by atoms with van der Waals surface area (Å²) in [5, 5.41) is 9.79. The monoisotopic (exact) mass is 404 g/mol. The van der Waals surface area contributed by atoms with Crippen LogP contribution < -0.4 is 4.74 Å². The zero-order valence-corrected chi connectivity index (χ0v) is 17.3.